The van der Waals surface area contributed by atoms with E-state index in [1.807, 2.05) is 20.8 Å². The molecule has 0 aliphatic carbocycles. The molecule has 0 fully saturated rings. The van der Waals surface area contributed by atoms with Crippen LogP contribution in [0.2, 0.25) is 0 Å². The number of hydrogen-bond donors (Lipinski definition) is 1. The molecular formula is C6H15O2P. The van der Waals surface area contributed by atoms with Crippen molar-refractivity contribution < 1.29 is 9.42 Å². The molecule has 0 saturated carbocycles. The fourth-order valence-electron chi connectivity index (χ4n) is 0.487. The quantitative estimate of drug-likeness (QED) is 0.622. The molecule has 1 unspecified atom stereocenters. The van der Waals surface area contributed by atoms with E-state index in [0.29, 0.717) is 0 Å². The highest BCUT2D eigenvalue weighted by atomic mass is 31.2. The van der Waals surface area contributed by atoms with E-state index in [1.165, 1.54) is 0 Å². The average Bonchev–Trinajstić information content (AvgIpc) is 1.63. The van der Waals surface area contributed by atoms with Crippen LogP contribution in [0.3, 0.4) is 0 Å². The third-order valence-corrected chi connectivity index (χ3v) is 2.24. The summed E-state index contributed by atoms with van der Waals surface area (Å²) in [5, 5.41) is 0. The van der Waals surface area contributed by atoms with Gasteiger partial charge in [0.25, 0.3) is 0 Å². The second kappa shape index (κ2) is 5.16. The SMILES string of the molecule is CCCP(O)OC(C)C. The van der Waals surface area contributed by atoms with Gasteiger partial charge in [0.15, 0.2) is 8.38 Å². The van der Waals surface area contributed by atoms with E-state index < -0.39 is 8.38 Å². The Morgan fingerprint density at radius 3 is 2.44 bits per heavy atom. The van der Waals surface area contributed by atoms with Gasteiger partial charge in [0, 0.05) is 6.16 Å². The van der Waals surface area contributed by atoms with Crippen LogP contribution >= 0.6 is 8.38 Å². The molecule has 0 saturated heterocycles. The Bertz CT molecular complexity index is 66.1. The van der Waals surface area contributed by atoms with Gasteiger partial charge in [-0.3, -0.25) is 0 Å². The van der Waals surface area contributed by atoms with Gasteiger partial charge in [-0.1, -0.05) is 6.92 Å². The van der Waals surface area contributed by atoms with E-state index >= 15 is 0 Å². The van der Waals surface area contributed by atoms with Crippen LogP contribution < -0.4 is 0 Å². The third-order valence-electron chi connectivity index (χ3n) is 0.747. The van der Waals surface area contributed by atoms with Crippen molar-refractivity contribution in [2.75, 3.05) is 6.16 Å². The van der Waals surface area contributed by atoms with Crippen LogP contribution in [-0.4, -0.2) is 17.2 Å². The first kappa shape index (κ1) is 9.35. The van der Waals surface area contributed by atoms with Crippen molar-refractivity contribution in [2.45, 2.75) is 33.3 Å². The van der Waals surface area contributed by atoms with E-state index in [9.17, 15) is 0 Å². The van der Waals surface area contributed by atoms with Crippen molar-refractivity contribution in [3.63, 3.8) is 0 Å². The largest absolute Gasteiger partial charge is 0.350 e. The van der Waals surface area contributed by atoms with Gasteiger partial charge in [0.2, 0.25) is 0 Å². The minimum atomic E-state index is -1.12. The molecule has 0 aromatic rings. The molecule has 0 bridgehead atoms. The molecule has 56 valence electrons. The summed E-state index contributed by atoms with van der Waals surface area (Å²) in [6.07, 6.45) is 1.95. The second-order valence-electron chi connectivity index (χ2n) is 2.23. The molecule has 0 heterocycles. The lowest BCUT2D eigenvalue weighted by Gasteiger charge is -2.11. The molecule has 0 amide bonds. The first-order valence-corrected chi connectivity index (χ1v) is 4.69. The summed E-state index contributed by atoms with van der Waals surface area (Å²) in [6, 6.07) is 0. The van der Waals surface area contributed by atoms with Crippen LogP contribution in [0, 0.1) is 0 Å². The maximum Gasteiger partial charge on any atom is 0.167 e. The van der Waals surface area contributed by atoms with E-state index in [4.69, 9.17) is 9.42 Å². The van der Waals surface area contributed by atoms with Crippen LogP contribution in [0.5, 0.6) is 0 Å². The lowest BCUT2D eigenvalue weighted by Crippen LogP contribution is -1.98. The molecule has 2 nitrogen and oxygen atoms in total. The Balaban J connectivity index is 3.15. The van der Waals surface area contributed by atoms with E-state index in [1.54, 1.807) is 0 Å². The average molecular weight is 150 g/mol. The van der Waals surface area contributed by atoms with Crippen molar-refractivity contribution in [1.29, 1.82) is 0 Å². The zero-order chi connectivity index (χ0) is 7.28. The van der Waals surface area contributed by atoms with Gasteiger partial charge in [-0.2, -0.15) is 0 Å². The summed E-state index contributed by atoms with van der Waals surface area (Å²) in [5.74, 6) is 0. The van der Waals surface area contributed by atoms with Crippen LogP contribution in [0.1, 0.15) is 27.2 Å². The molecule has 9 heavy (non-hydrogen) atoms. The molecule has 0 rings (SSSR count). The highest BCUT2D eigenvalue weighted by molar-refractivity contribution is 7.46. The lowest BCUT2D eigenvalue weighted by atomic mass is 10.5. The predicted octanol–water partition coefficient (Wildman–Crippen LogP) is 2.13. The molecule has 0 aromatic carbocycles. The first-order valence-electron chi connectivity index (χ1n) is 3.30. The molecule has 1 N–H and O–H groups in total. The zero-order valence-corrected chi connectivity index (χ0v) is 7.19. The molecular weight excluding hydrogens is 135 g/mol. The fraction of sp³-hybridized carbons (Fsp3) is 1.00. The van der Waals surface area contributed by atoms with Crippen LogP contribution in [0.25, 0.3) is 0 Å². The topological polar surface area (TPSA) is 29.5 Å². The third kappa shape index (κ3) is 6.23. The summed E-state index contributed by atoms with van der Waals surface area (Å²) < 4.78 is 5.11. The zero-order valence-electron chi connectivity index (χ0n) is 6.29. The Labute approximate surface area is 58.1 Å². The van der Waals surface area contributed by atoms with Gasteiger partial charge < -0.3 is 9.42 Å². The van der Waals surface area contributed by atoms with Crippen molar-refractivity contribution in [2.24, 2.45) is 0 Å². The monoisotopic (exact) mass is 150 g/mol. The number of rotatable bonds is 4. The van der Waals surface area contributed by atoms with Crippen LogP contribution in [0.4, 0.5) is 0 Å². The molecule has 3 heteroatoms. The summed E-state index contributed by atoms with van der Waals surface area (Å²) in [7, 11) is -1.12. The van der Waals surface area contributed by atoms with Crippen molar-refractivity contribution >= 4 is 8.38 Å². The molecule has 0 aliphatic rings. The van der Waals surface area contributed by atoms with Crippen molar-refractivity contribution in [1.82, 2.24) is 0 Å². The standard InChI is InChI=1S/C6H15O2P/c1-4-5-9(7)8-6(2)3/h6-7H,4-5H2,1-3H3. The van der Waals surface area contributed by atoms with E-state index in [2.05, 4.69) is 0 Å². The summed E-state index contributed by atoms with van der Waals surface area (Å²) in [6.45, 7) is 5.90. The Hall–Kier alpha value is 0.350. The number of hydrogen-bond acceptors (Lipinski definition) is 2. The van der Waals surface area contributed by atoms with Gasteiger partial charge >= 0.3 is 0 Å². The Kier molecular flexibility index (Phi) is 5.36. The molecule has 1 atom stereocenters. The van der Waals surface area contributed by atoms with Gasteiger partial charge in [0.05, 0.1) is 6.10 Å². The van der Waals surface area contributed by atoms with Gasteiger partial charge in [-0.15, -0.1) is 0 Å². The summed E-state index contributed by atoms with van der Waals surface area (Å²) in [5.41, 5.74) is 0. The van der Waals surface area contributed by atoms with Gasteiger partial charge in [-0.05, 0) is 20.3 Å². The Morgan fingerprint density at radius 2 is 2.11 bits per heavy atom. The second-order valence-corrected chi connectivity index (χ2v) is 3.59. The minimum Gasteiger partial charge on any atom is -0.350 e. The Morgan fingerprint density at radius 1 is 1.56 bits per heavy atom. The molecule has 0 aliphatic heterocycles. The summed E-state index contributed by atoms with van der Waals surface area (Å²) >= 11 is 0. The van der Waals surface area contributed by atoms with Crippen LogP contribution in [-0.2, 0) is 4.52 Å². The fourth-order valence-corrected chi connectivity index (χ4v) is 1.46. The maximum atomic E-state index is 9.06. The molecule has 0 radical (unpaired) electrons. The molecule has 0 spiro atoms. The van der Waals surface area contributed by atoms with Gasteiger partial charge in [0.1, 0.15) is 0 Å². The van der Waals surface area contributed by atoms with E-state index in [0.717, 1.165) is 12.6 Å². The van der Waals surface area contributed by atoms with Crippen molar-refractivity contribution in [3.05, 3.63) is 0 Å². The van der Waals surface area contributed by atoms with Gasteiger partial charge in [-0.25, -0.2) is 0 Å². The molecule has 0 aromatic heterocycles. The first-order chi connectivity index (χ1) is 4.16. The smallest absolute Gasteiger partial charge is 0.167 e. The minimum absolute atomic E-state index is 0.160. The summed E-state index contributed by atoms with van der Waals surface area (Å²) in [4.78, 5) is 9.06. The van der Waals surface area contributed by atoms with Crippen LogP contribution in [0.15, 0.2) is 0 Å². The predicted molar refractivity (Wildman–Crippen MR) is 40.5 cm³/mol. The van der Waals surface area contributed by atoms with Crippen molar-refractivity contribution in [3.8, 4) is 0 Å². The van der Waals surface area contributed by atoms with E-state index in [-0.39, 0.29) is 6.10 Å². The normalized spacial score (nSPS) is 14.3. The maximum absolute atomic E-state index is 9.06. The lowest BCUT2D eigenvalue weighted by molar-refractivity contribution is 0.240. The highest BCUT2D eigenvalue weighted by Gasteiger charge is 2.04. The highest BCUT2D eigenvalue weighted by Crippen LogP contribution is 2.33.